The van der Waals surface area contributed by atoms with Crippen molar-refractivity contribution in [1.29, 1.82) is 0 Å². The second kappa shape index (κ2) is 11.3. The fraction of sp³-hybridized carbons (Fsp3) is 0.423. The van der Waals surface area contributed by atoms with Crippen LogP contribution in [0.5, 0.6) is 5.75 Å². The minimum Gasteiger partial charge on any atom is -0.493 e. The van der Waals surface area contributed by atoms with Crippen LogP contribution in [0.2, 0.25) is 0 Å². The van der Waals surface area contributed by atoms with Crippen molar-refractivity contribution in [2.24, 2.45) is 0 Å². The Bertz CT molecular complexity index is 1040. The average molecular weight is 452 g/mol. The fourth-order valence-corrected chi connectivity index (χ4v) is 4.89. The van der Waals surface area contributed by atoms with Gasteiger partial charge in [0.2, 0.25) is 0 Å². The highest BCUT2D eigenvalue weighted by Crippen LogP contribution is 2.20. The van der Waals surface area contributed by atoms with Crippen molar-refractivity contribution < 1.29 is 4.74 Å². The van der Waals surface area contributed by atoms with Gasteiger partial charge in [0.25, 0.3) is 5.56 Å². The molecule has 0 aliphatic carbocycles. The first-order valence-electron chi connectivity index (χ1n) is 11.6. The number of ether oxygens (including phenoxy) is 1. The molecule has 3 heterocycles. The zero-order chi connectivity index (χ0) is 22.2. The lowest BCUT2D eigenvalue weighted by Gasteiger charge is -2.26. The lowest BCUT2D eigenvalue weighted by Crippen LogP contribution is -2.33. The summed E-state index contributed by atoms with van der Waals surface area (Å²) in [6.45, 7) is 7.73. The molecule has 0 saturated carbocycles. The summed E-state index contributed by atoms with van der Waals surface area (Å²) >= 11 is 1.73. The van der Waals surface area contributed by atoms with Crippen LogP contribution >= 0.6 is 11.3 Å². The molecule has 0 spiro atoms. The predicted molar refractivity (Wildman–Crippen MR) is 133 cm³/mol. The largest absolute Gasteiger partial charge is 0.493 e. The Kier molecular flexibility index (Phi) is 8.02. The topological polar surface area (TPSA) is 46.5 Å². The van der Waals surface area contributed by atoms with Gasteiger partial charge in [0, 0.05) is 42.3 Å². The number of hydrogen-bond acceptors (Lipinski definition) is 5. The van der Waals surface area contributed by atoms with Crippen LogP contribution in [0.4, 0.5) is 5.69 Å². The van der Waals surface area contributed by atoms with Gasteiger partial charge >= 0.3 is 0 Å². The Morgan fingerprint density at radius 1 is 1.09 bits per heavy atom. The molecule has 0 unspecified atom stereocenters. The average Bonchev–Trinajstić information content (AvgIpc) is 3.32. The van der Waals surface area contributed by atoms with Gasteiger partial charge in [-0.05, 0) is 67.6 Å². The zero-order valence-corrected chi connectivity index (χ0v) is 19.7. The summed E-state index contributed by atoms with van der Waals surface area (Å²) in [5.41, 5.74) is 3.47. The summed E-state index contributed by atoms with van der Waals surface area (Å²) in [7, 11) is 0. The molecule has 1 saturated heterocycles. The third-order valence-electron chi connectivity index (χ3n) is 6.14. The van der Waals surface area contributed by atoms with Crippen LogP contribution in [-0.4, -0.2) is 42.3 Å². The summed E-state index contributed by atoms with van der Waals surface area (Å²) in [6.07, 6.45) is 6.70. The van der Waals surface area contributed by atoms with Crippen molar-refractivity contribution in [2.75, 3.05) is 38.1 Å². The maximum Gasteiger partial charge on any atom is 0.254 e. The number of aromatic nitrogens is 1. The van der Waals surface area contributed by atoms with Gasteiger partial charge in [-0.1, -0.05) is 24.6 Å². The van der Waals surface area contributed by atoms with Gasteiger partial charge in [-0.15, -0.1) is 11.3 Å². The molecule has 1 fully saturated rings. The quantitative estimate of drug-likeness (QED) is 0.482. The van der Waals surface area contributed by atoms with Crippen LogP contribution in [0, 0.1) is 6.92 Å². The number of rotatable bonds is 10. The molecule has 0 amide bonds. The number of nitrogens with zero attached hydrogens (tertiary/aromatic N) is 2. The Balaban J connectivity index is 1.32. The molecule has 0 radical (unpaired) electrons. The first-order chi connectivity index (χ1) is 15.7. The van der Waals surface area contributed by atoms with E-state index in [1.807, 2.05) is 18.3 Å². The molecule has 6 heteroatoms. The van der Waals surface area contributed by atoms with E-state index in [1.165, 1.54) is 42.8 Å². The van der Waals surface area contributed by atoms with Gasteiger partial charge in [0.05, 0.1) is 13.2 Å². The third-order valence-corrected chi connectivity index (χ3v) is 7.08. The molecule has 1 aliphatic heterocycles. The summed E-state index contributed by atoms with van der Waals surface area (Å²) in [5.74, 6) is 0.632. The Morgan fingerprint density at radius 2 is 1.97 bits per heavy atom. The highest BCUT2D eigenvalue weighted by molar-refractivity contribution is 7.09. The van der Waals surface area contributed by atoms with E-state index in [-0.39, 0.29) is 5.56 Å². The monoisotopic (exact) mass is 451 g/mol. The number of piperidine rings is 1. The van der Waals surface area contributed by atoms with Crippen LogP contribution < -0.4 is 15.6 Å². The highest BCUT2D eigenvalue weighted by Gasteiger charge is 2.10. The highest BCUT2D eigenvalue weighted by atomic mass is 32.1. The van der Waals surface area contributed by atoms with E-state index >= 15 is 0 Å². The minimum absolute atomic E-state index is 0.0403. The van der Waals surface area contributed by atoms with Gasteiger partial charge in [-0.3, -0.25) is 4.79 Å². The van der Waals surface area contributed by atoms with Crippen molar-refractivity contribution in [3.05, 3.63) is 80.4 Å². The van der Waals surface area contributed by atoms with Crippen LogP contribution in [0.25, 0.3) is 0 Å². The van der Waals surface area contributed by atoms with E-state index in [0.717, 1.165) is 30.8 Å². The molecule has 32 heavy (non-hydrogen) atoms. The van der Waals surface area contributed by atoms with E-state index in [9.17, 15) is 4.79 Å². The maximum absolute atomic E-state index is 12.6. The van der Waals surface area contributed by atoms with Crippen LogP contribution in [0.1, 0.15) is 35.3 Å². The van der Waals surface area contributed by atoms with E-state index in [0.29, 0.717) is 18.9 Å². The molecule has 4 rings (SSSR count). The van der Waals surface area contributed by atoms with Crippen molar-refractivity contribution in [2.45, 2.75) is 39.2 Å². The molecule has 1 aromatic carbocycles. The lowest BCUT2D eigenvalue weighted by molar-refractivity contribution is 0.237. The second-order valence-electron chi connectivity index (χ2n) is 8.43. The van der Waals surface area contributed by atoms with E-state index < -0.39 is 0 Å². The summed E-state index contributed by atoms with van der Waals surface area (Å²) in [5, 5.41) is 5.66. The maximum atomic E-state index is 12.6. The van der Waals surface area contributed by atoms with Crippen molar-refractivity contribution in [3.63, 3.8) is 0 Å². The standard InChI is InChI=1S/C26H33N3O2S/c1-21-22(7-5-9-25(21)27-12-16-28-13-3-2-4-14-28)20-29-15-10-23(19-26(29)30)31-17-11-24-8-6-18-32-24/h5-10,15,18-19,27H,2-4,11-14,16-17,20H2,1H3. The SMILES string of the molecule is Cc1c(Cn2ccc(OCCc3cccs3)cc2=O)cccc1NCCN1CCCCC1. The Morgan fingerprint density at radius 3 is 2.75 bits per heavy atom. The van der Waals surface area contributed by atoms with Crippen LogP contribution in [0.15, 0.2) is 58.8 Å². The molecular formula is C26H33N3O2S. The van der Waals surface area contributed by atoms with Crippen molar-refractivity contribution in [1.82, 2.24) is 9.47 Å². The molecule has 5 nitrogen and oxygen atoms in total. The number of hydrogen-bond donors (Lipinski definition) is 1. The van der Waals surface area contributed by atoms with E-state index in [1.54, 1.807) is 22.0 Å². The molecule has 170 valence electrons. The molecule has 2 aromatic heterocycles. The summed E-state index contributed by atoms with van der Waals surface area (Å²) in [4.78, 5) is 16.5. The minimum atomic E-state index is -0.0403. The molecule has 0 atom stereocenters. The number of anilines is 1. The summed E-state index contributed by atoms with van der Waals surface area (Å²) < 4.78 is 7.52. The molecule has 1 N–H and O–H groups in total. The Labute approximate surface area is 194 Å². The van der Waals surface area contributed by atoms with Crippen molar-refractivity contribution in [3.8, 4) is 5.75 Å². The number of benzene rings is 1. The molecule has 3 aromatic rings. The van der Waals surface area contributed by atoms with Gasteiger partial charge in [-0.2, -0.15) is 0 Å². The second-order valence-corrected chi connectivity index (χ2v) is 9.46. The van der Waals surface area contributed by atoms with E-state index in [2.05, 4.69) is 46.8 Å². The number of likely N-dealkylation sites (tertiary alicyclic amines) is 1. The molecular weight excluding hydrogens is 418 g/mol. The van der Waals surface area contributed by atoms with Crippen LogP contribution in [-0.2, 0) is 13.0 Å². The molecule has 0 bridgehead atoms. The predicted octanol–water partition coefficient (Wildman–Crippen LogP) is 4.79. The zero-order valence-electron chi connectivity index (χ0n) is 18.9. The van der Waals surface area contributed by atoms with Crippen LogP contribution in [0.3, 0.4) is 0 Å². The van der Waals surface area contributed by atoms with Gasteiger partial charge in [-0.25, -0.2) is 0 Å². The lowest BCUT2D eigenvalue weighted by atomic mass is 10.1. The first-order valence-corrected chi connectivity index (χ1v) is 12.5. The van der Waals surface area contributed by atoms with E-state index in [4.69, 9.17) is 4.74 Å². The number of pyridine rings is 1. The van der Waals surface area contributed by atoms with Crippen molar-refractivity contribution >= 4 is 17.0 Å². The number of nitrogens with one attached hydrogen (secondary N) is 1. The normalized spacial score (nSPS) is 14.4. The first kappa shape index (κ1) is 22.6. The van der Waals surface area contributed by atoms with Gasteiger partial charge in [0.1, 0.15) is 5.75 Å². The Hall–Kier alpha value is -2.57. The van der Waals surface area contributed by atoms with Gasteiger partial charge < -0.3 is 19.5 Å². The van der Waals surface area contributed by atoms with Gasteiger partial charge in [0.15, 0.2) is 0 Å². The summed E-state index contributed by atoms with van der Waals surface area (Å²) in [6, 6.07) is 13.9. The number of thiophene rings is 1. The molecule has 1 aliphatic rings. The smallest absolute Gasteiger partial charge is 0.254 e. The fourth-order valence-electron chi connectivity index (χ4n) is 4.20. The third kappa shape index (κ3) is 6.24.